The minimum Gasteiger partial charge on any atom is -0.493 e. The number of halogens is 1. The van der Waals surface area contributed by atoms with Crippen LogP contribution in [0.4, 0.5) is 4.79 Å². The summed E-state index contributed by atoms with van der Waals surface area (Å²) in [6, 6.07) is 18.9. The molecule has 0 radical (unpaired) electrons. The predicted octanol–water partition coefficient (Wildman–Crippen LogP) is 7.47. The molecule has 4 rings (SSSR count). The van der Waals surface area contributed by atoms with E-state index in [0.717, 1.165) is 39.8 Å². The molecule has 0 unspecified atom stereocenters. The van der Waals surface area contributed by atoms with Crippen LogP contribution in [0.1, 0.15) is 42.0 Å². The zero-order valence-corrected chi connectivity index (χ0v) is 23.4. The summed E-state index contributed by atoms with van der Waals surface area (Å²) in [5.41, 5.74) is 3.84. The number of thioether (sulfide) groups is 1. The van der Waals surface area contributed by atoms with Gasteiger partial charge >= 0.3 is 0 Å². The molecule has 0 saturated carbocycles. The van der Waals surface area contributed by atoms with Crippen molar-refractivity contribution in [1.82, 2.24) is 4.90 Å². The molecule has 0 bridgehead atoms. The molecule has 6 nitrogen and oxygen atoms in total. The fourth-order valence-electron chi connectivity index (χ4n) is 4.02. The van der Waals surface area contributed by atoms with Crippen LogP contribution in [0.3, 0.4) is 0 Å². The van der Waals surface area contributed by atoms with E-state index < -0.39 is 0 Å². The second kappa shape index (κ2) is 12.4. The molecule has 1 aliphatic heterocycles. The van der Waals surface area contributed by atoms with Crippen LogP contribution in [0.25, 0.3) is 6.08 Å². The zero-order chi connectivity index (χ0) is 27.2. The van der Waals surface area contributed by atoms with Gasteiger partial charge in [0.1, 0.15) is 19.0 Å². The van der Waals surface area contributed by atoms with E-state index in [4.69, 9.17) is 25.8 Å². The fourth-order valence-corrected chi connectivity index (χ4v) is 5.09. The average Bonchev–Trinajstić information content (AvgIpc) is 3.15. The first-order valence-corrected chi connectivity index (χ1v) is 13.5. The Kier molecular flexibility index (Phi) is 9.02. The lowest BCUT2D eigenvalue weighted by Gasteiger charge is -2.17. The molecule has 198 valence electrons. The summed E-state index contributed by atoms with van der Waals surface area (Å²) in [4.78, 5) is 27.2. The summed E-state index contributed by atoms with van der Waals surface area (Å²) in [7, 11) is 1.55. The molecule has 1 aliphatic rings. The first-order chi connectivity index (χ1) is 18.2. The number of carbonyl (C=O) groups is 2. The topological polar surface area (TPSA) is 65.1 Å². The summed E-state index contributed by atoms with van der Waals surface area (Å²) in [6.45, 7) is 6.94. The Morgan fingerprint density at radius 2 is 1.79 bits per heavy atom. The monoisotopic (exact) mass is 551 g/mol. The third-order valence-electron chi connectivity index (χ3n) is 6.01. The third kappa shape index (κ3) is 6.71. The van der Waals surface area contributed by atoms with Crippen LogP contribution in [0, 0.1) is 6.92 Å². The second-order valence-electron chi connectivity index (χ2n) is 9.21. The molecule has 0 N–H and O–H groups in total. The minimum absolute atomic E-state index is 0.174. The molecule has 3 aromatic rings. The van der Waals surface area contributed by atoms with E-state index in [1.54, 1.807) is 25.3 Å². The van der Waals surface area contributed by atoms with Gasteiger partial charge in [-0.05, 0) is 83.3 Å². The SMILES string of the molecule is COc1cc(/C=C2\SC(=O)N(CCOc3cc(C)ccc3C(C)C)C2=O)ccc1OCc1cccc(Cl)c1. The van der Waals surface area contributed by atoms with Gasteiger partial charge in [-0.15, -0.1) is 0 Å². The van der Waals surface area contributed by atoms with E-state index in [9.17, 15) is 9.59 Å². The van der Waals surface area contributed by atoms with E-state index >= 15 is 0 Å². The number of hydrogen-bond acceptors (Lipinski definition) is 6. The Hall–Kier alpha value is -3.42. The molecule has 0 atom stereocenters. The van der Waals surface area contributed by atoms with Crippen LogP contribution >= 0.6 is 23.4 Å². The maximum atomic E-state index is 13.0. The van der Waals surface area contributed by atoms with Crippen LogP contribution < -0.4 is 14.2 Å². The van der Waals surface area contributed by atoms with Crippen LogP contribution in [0.5, 0.6) is 17.2 Å². The van der Waals surface area contributed by atoms with Gasteiger partial charge in [-0.2, -0.15) is 0 Å². The van der Waals surface area contributed by atoms with E-state index in [2.05, 4.69) is 26.0 Å². The lowest BCUT2D eigenvalue weighted by atomic mass is 10.0. The van der Waals surface area contributed by atoms with Crippen molar-refractivity contribution in [3.63, 3.8) is 0 Å². The summed E-state index contributed by atoms with van der Waals surface area (Å²) in [5.74, 6) is 1.83. The van der Waals surface area contributed by atoms with E-state index in [1.165, 1.54) is 4.90 Å². The van der Waals surface area contributed by atoms with Gasteiger partial charge < -0.3 is 14.2 Å². The smallest absolute Gasteiger partial charge is 0.293 e. The number of nitrogens with zero attached hydrogens (tertiary/aromatic N) is 1. The van der Waals surface area contributed by atoms with Crippen molar-refractivity contribution in [1.29, 1.82) is 0 Å². The Morgan fingerprint density at radius 1 is 0.974 bits per heavy atom. The van der Waals surface area contributed by atoms with E-state index in [-0.39, 0.29) is 24.3 Å². The van der Waals surface area contributed by atoms with Gasteiger partial charge in [-0.3, -0.25) is 14.5 Å². The first-order valence-electron chi connectivity index (χ1n) is 12.3. The van der Waals surface area contributed by atoms with Crippen molar-refractivity contribution in [3.8, 4) is 17.2 Å². The summed E-state index contributed by atoms with van der Waals surface area (Å²) >= 11 is 6.97. The van der Waals surface area contributed by atoms with Crippen molar-refractivity contribution in [2.24, 2.45) is 0 Å². The van der Waals surface area contributed by atoms with Gasteiger partial charge in [-0.25, -0.2) is 0 Å². The highest BCUT2D eigenvalue weighted by Crippen LogP contribution is 2.35. The van der Waals surface area contributed by atoms with Crippen molar-refractivity contribution < 1.29 is 23.8 Å². The third-order valence-corrected chi connectivity index (χ3v) is 7.15. The van der Waals surface area contributed by atoms with Gasteiger partial charge in [0, 0.05) is 5.02 Å². The van der Waals surface area contributed by atoms with Crippen molar-refractivity contribution in [2.45, 2.75) is 33.3 Å². The van der Waals surface area contributed by atoms with E-state index in [0.29, 0.717) is 34.0 Å². The summed E-state index contributed by atoms with van der Waals surface area (Å²) in [6.07, 6.45) is 1.69. The highest BCUT2D eigenvalue weighted by molar-refractivity contribution is 8.18. The minimum atomic E-state index is -0.336. The van der Waals surface area contributed by atoms with E-state index in [1.807, 2.05) is 43.3 Å². The van der Waals surface area contributed by atoms with Crippen molar-refractivity contribution in [2.75, 3.05) is 20.3 Å². The number of rotatable bonds is 10. The van der Waals surface area contributed by atoms with Gasteiger partial charge in [0.05, 0.1) is 18.6 Å². The van der Waals surface area contributed by atoms with Gasteiger partial charge in [0.2, 0.25) is 0 Å². The lowest BCUT2D eigenvalue weighted by Crippen LogP contribution is -2.32. The maximum Gasteiger partial charge on any atom is 0.293 e. The quantitative estimate of drug-likeness (QED) is 0.243. The highest BCUT2D eigenvalue weighted by Gasteiger charge is 2.35. The Labute approximate surface area is 232 Å². The largest absolute Gasteiger partial charge is 0.493 e. The molecule has 0 spiro atoms. The van der Waals surface area contributed by atoms with Crippen LogP contribution in [-0.2, 0) is 11.4 Å². The fraction of sp³-hybridized carbons (Fsp3) is 0.267. The Balaban J connectivity index is 1.40. The van der Waals surface area contributed by atoms with Gasteiger partial charge in [0.15, 0.2) is 11.5 Å². The number of methoxy groups -OCH3 is 1. The first kappa shape index (κ1) is 27.6. The molecular formula is C30H30ClNO5S. The highest BCUT2D eigenvalue weighted by atomic mass is 35.5. The van der Waals surface area contributed by atoms with Crippen LogP contribution in [0.15, 0.2) is 65.6 Å². The average molecular weight is 552 g/mol. The summed E-state index contributed by atoms with van der Waals surface area (Å²) < 4.78 is 17.4. The molecule has 1 saturated heterocycles. The Morgan fingerprint density at radius 3 is 2.53 bits per heavy atom. The number of amides is 2. The molecule has 8 heteroatoms. The number of imide groups is 1. The Bertz CT molecular complexity index is 1370. The normalized spacial score (nSPS) is 14.5. The number of aryl methyl sites for hydroxylation is 1. The molecular weight excluding hydrogens is 522 g/mol. The molecule has 0 aliphatic carbocycles. The van der Waals surface area contributed by atoms with Crippen LogP contribution in [0.2, 0.25) is 5.02 Å². The van der Waals surface area contributed by atoms with Crippen LogP contribution in [-0.4, -0.2) is 36.3 Å². The number of ether oxygens (including phenoxy) is 3. The molecule has 2 amide bonds. The van der Waals surface area contributed by atoms with Crippen molar-refractivity contribution in [3.05, 3.63) is 92.8 Å². The van der Waals surface area contributed by atoms with Crippen molar-refractivity contribution >= 4 is 40.6 Å². The lowest BCUT2D eigenvalue weighted by molar-refractivity contribution is -0.123. The molecule has 1 heterocycles. The zero-order valence-electron chi connectivity index (χ0n) is 21.8. The number of benzene rings is 3. The molecule has 1 fully saturated rings. The molecule has 3 aromatic carbocycles. The molecule has 0 aromatic heterocycles. The van der Waals surface area contributed by atoms with Gasteiger partial charge in [-0.1, -0.05) is 55.8 Å². The standard InChI is InChI=1S/C30H30ClNO5S/c1-19(2)24-10-8-20(3)14-26(24)36-13-12-32-29(33)28(38-30(32)34)17-21-9-11-25(27(16-21)35-4)37-18-22-6-5-7-23(31)15-22/h5-11,14-17,19H,12-13,18H2,1-4H3/b28-17-. The predicted molar refractivity (Wildman–Crippen MR) is 152 cm³/mol. The molecule has 38 heavy (non-hydrogen) atoms. The summed E-state index contributed by atoms with van der Waals surface area (Å²) in [5, 5.41) is 0.330. The second-order valence-corrected chi connectivity index (χ2v) is 10.6. The number of hydrogen-bond donors (Lipinski definition) is 0. The van der Waals surface area contributed by atoms with Gasteiger partial charge in [0.25, 0.3) is 11.1 Å². The maximum absolute atomic E-state index is 13.0. The number of carbonyl (C=O) groups excluding carboxylic acids is 2.